The van der Waals surface area contributed by atoms with Crippen molar-refractivity contribution < 1.29 is 14.7 Å². The largest absolute Gasteiger partial charge is 0.481 e. The summed E-state index contributed by atoms with van der Waals surface area (Å²) in [6.07, 6.45) is 1.34. The van der Waals surface area contributed by atoms with E-state index in [0.29, 0.717) is 34.4 Å². The third-order valence-electron chi connectivity index (χ3n) is 3.22. The molecule has 1 aliphatic rings. The molecule has 1 aromatic rings. The number of carbonyl (C=O) groups is 2. The zero-order valence-electron chi connectivity index (χ0n) is 10.1. The van der Waals surface area contributed by atoms with Crippen molar-refractivity contribution in [1.82, 2.24) is 4.90 Å². The number of likely N-dealkylation sites (tertiary alicyclic amines) is 1. The van der Waals surface area contributed by atoms with Gasteiger partial charge in [-0.2, -0.15) is 0 Å². The fourth-order valence-electron chi connectivity index (χ4n) is 2.20. The summed E-state index contributed by atoms with van der Waals surface area (Å²) >= 11 is 9.15. The Labute approximate surface area is 124 Å². The van der Waals surface area contributed by atoms with Gasteiger partial charge in [0.05, 0.1) is 11.5 Å². The van der Waals surface area contributed by atoms with Crippen LogP contribution in [-0.2, 0) is 4.79 Å². The molecular formula is C13H13BrClNO3. The number of carboxylic acid groups (broad SMARTS) is 1. The lowest BCUT2D eigenvalue weighted by Gasteiger charge is -2.31. The minimum Gasteiger partial charge on any atom is -0.481 e. The average molecular weight is 347 g/mol. The highest BCUT2D eigenvalue weighted by atomic mass is 79.9. The lowest BCUT2D eigenvalue weighted by molar-refractivity contribution is -0.143. The SMILES string of the molecule is O=C(O)C1CCCN(C(=O)c2ccc(Cl)cc2Br)C1. The third-order valence-corrected chi connectivity index (χ3v) is 4.11. The molecule has 1 N–H and O–H groups in total. The van der Waals surface area contributed by atoms with Crippen LogP contribution >= 0.6 is 27.5 Å². The van der Waals surface area contributed by atoms with Crippen molar-refractivity contribution in [2.24, 2.45) is 5.92 Å². The van der Waals surface area contributed by atoms with Gasteiger partial charge < -0.3 is 10.0 Å². The second kappa shape index (κ2) is 5.92. The molecule has 102 valence electrons. The van der Waals surface area contributed by atoms with E-state index in [0.717, 1.165) is 0 Å². The van der Waals surface area contributed by atoms with Crippen molar-refractivity contribution in [2.45, 2.75) is 12.8 Å². The molecule has 0 aromatic heterocycles. The first-order valence-electron chi connectivity index (χ1n) is 5.96. The van der Waals surface area contributed by atoms with E-state index in [9.17, 15) is 9.59 Å². The summed E-state index contributed by atoms with van der Waals surface area (Å²) in [6, 6.07) is 4.96. The van der Waals surface area contributed by atoms with Crippen LogP contribution in [0.3, 0.4) is 0 Å². The van der Waals surface area contributed by atoms with E-state index < -0.39 is 11.9 Å². The van der Waals surface area contributed by atoms with Gasteiger partial charge in [-0.3, -0.25) is 9.59 Å². The number of hydrogen-bond acceptors (Lipinski definition) is 2. The van der Waals surface area contributed by atoms with E-state index in [1.807, 2.05) is 0 Å². The summed E-state index contributed by atoms with van der Waals surface area (Å²) in [7, 11) is 0. The first kappa shape index (κ1) is 14.3. The number of nitrogens with zero attached hydrogens (tertiary/aromatic N) is 1. The molecule has 1 aromatic carbocycles. The van der Waals surface area contributed by atoms with Gasteiger partial charge >= 0.3 is 5.97 Å². The summed E-state index contributed by atoms with van der Waals surface area (Å²) in [5, 5.41) is 9.58. The first-order valence-corrected chi connectivity index (χ1v) is 7.13. The summed E-state index contributed by atoms with van der Waals surface area (Å²) < 4.78 is 0.627. The normalized spacial score (nSPS) is 19.3. The topological polar surface area (TPSA) is 57.6 Å². The summed E-state index contributed by atoms with van der Waals surface area (Å²) in [6.45, 7) is 0.862. The fraction of sp³-hybridized carbons (Fsp3) is 0.385. The molecular weight excluding hydrogens is 334 g/mol. The van der Waals surface area contributed by atoms with Crippen LogP contribution in [0.5, 0.6) is 0 Å². The molecule has 1 amide bonds. The van der Waals surface area contributed by atoms with Crippen LogP contribution in [0.1, 0.15) is 23.2 Å². The standard InChI is InChI=1S/C13H13BrClNO3/c14-11-6-9(15)3-4-10(11)12(17)16-5-1-2-8(7-16)13(18)19/h3-4,6,8H,1-2,5,7H2,(H,18,19). The van der Waals surface area contributed by atoms with Gasteiger partial charge in [0, 0.05) is 22.6 Å². The van der Waals surface area contributed by atoms with Crippen molar-refractivity contribution >= 4 is 39.4 Å². The van der Waals surface area contributed by atoms with Crippen LogP contribution in [0.2, 0.25) is 5.02 Å². The number of halogens is 2. The molecule has 1 atom stereocenters. The molecule has 1 fully saturated rings. The number of piperidine rings is 1. The molecule has 6 heteroatoms. The molecule has 0 aliphatic carbocycles. The van der Waals surface area contributed by atoms with Crippen molar-refractivity contribution in [3.63, 3.8) is 0 Å². The van der Waals surface area contributed by atoms with E-state index in [-0.39, 0.29) is 12.5 Å². The van der Waals surface area contributed by atoms with Crippen LogP contribution in [-0.4, -0.2) is 35.0 Å². The molecule has 0 saturated carbocycles. The van der Waals surface area contributed by atoms with Gasteiger partial charge in [-0.15, -0.1) is 0 Å². The zero-order valence-corrected chi connectivity index (χ0v) is 12.4. The van der Waals surface area contributed by atoms with Gasteiger partial charge in [-0.05, 0) is 47.0 Å². The van der Waals surface area contributed by atoms with Gasteiger partial charge in [0.25, 0.3) is 5.91 Å². The highest BCUT2D eigenvalue weighted by molar-refractivity contribution is 9.10. The maximum atomic E-state index is 12.4. The third kappa shape index (κ3) is 3.28. The molecule has 2 rings (SSSR count). The van der Waals surface area contributed by atoms with Gasteiger partial charge in [0.1, 0.15) is 0 Å². The summed E-state index contributed by atoms with van der Waals surface area (Å²) in [5.74, 6) is -1.47. The maximum Gasteiger partial charge on any atom is 0.308 e. The Morgan fingerprint density at radius 2 is 2.16 bits per heavy atom. The second-order valence-electron chi connectivity index (χ2n) is 4.55. The zero-order chi connectivity index (χ0) is 14.0. The number of benzene rings is 1. The smallest absolute Gasteiger partial charge is 0.308 e. The molecule has 1 heterocycles. The Morgan fingerprint density at radius 1 is 1.42 bits per heavy atom. The quantitative estimate of drug-likeness (QED) is 0.895. The van der Waals surface area contributed by atoms with E-state index in [1.165, 1.54) is 0 Å². The molecule has 0 bridgehead atoms. The number of carbonyl (C=O) groups excluding carboxylic acids is 1. The minimum atomic E-state index is -0.840. The lowest BCUT2D eigenvalue weighted by atomic mass is 9.97. The Kier molecular flexibility index (Phi) is 4.47. The number of amides is 1. The monoisotopic (exact) mass is 345 g/mol. The number of carboxylic acids is 1. The Hall–Kier alpha value is -1.07. The highest BCUT2D eigenvalue weighted by Gasteiger charge is 2.29. The van der Waals surface area contributed by atoms with E-state index in [2.05, 4.69) is 15.9 Å². The molecule has 0 radical (unpaired) electrons. The van der Waals surface area contributed by atoms with E-state index >= 15 is 0 Å². The molecule has 19 heavy (non-hydrogen) atoms. The first-order chi connectivity index (χ1) is 8.99. The summed E-state index contributed by atoms with van der Waals surface area (Å²) in [5.41, 5.74) is 0.510. The van der Waals surface area contributed by atoms with Crippen molar-refractivity contribution in [1.29, 1.82) is 0 Å². The minimum absolute atomic E-state index is 0.158. The van der Waals surface area contributed by atoms with Crippen LogP contribution in [0.15, 0.2) is 22.7 Å². The van der Waals surface area contributed by atoms with Crippen molar-refractivity contribution in [3.8, 4) is 0 Å². The van der Waals surface area contributed by atoms with Crippen molar-refractivity contribution in [3.05, 3.63) is 33.3 Å². The number of aliphatic carboxylic acids is 1. The van der Waals surface area contributed by atoms with Crippen LogP contribution in [0.25, 0.3) is 0 Å². The second-order valence-corrected chi connectivity index (χ2v) is 5.84. The molecule has 1 aliphatic heterocycles. The molecule has 4 nitrogen and oxygen atoms in total. The summed E-state index contributed by atoms with van der Waals surface area (Å²) in [4.78, 5) is 25.0. The van der Waals surface area contributed by atoms with Gasteiger partial charge in [0.2, 0.25) is 0 Å². The molecule has 0 spiro atoms. The van der Waals surface area contributed by atoms with Gasteiger partial charge in [-0.25, -0.2) is 0 Å². The molecule has 1 unspecified atom stereocenters. The van der Waals surface area contributed by atoms with Gasteiger partial charge in [-0.1, -0.05) is 11.6 Å². The lowest BCUT2D eigenvalue weighted by Crippen LogP contribution is -2.42. The predicted molar refractivity (Wildman–Crippen MR) is 75.4 cm³/mol. The highest BCUT2D eigenvalue weighted by Crippen LogP contribution is 2.25. The average Bonchev–Trinajstić information content (AvgIpc) is 2.38. The van der Waals surface area contributed by atoms with E-state index in [4.69, 9.17) is 16.7 Å². The van der Waals surface area contributed by atoms with Crippen molar-refractivity contribution in [2.75, 3.05) is 13.1 Å². The van der Waals surface area contributed by atoms with Crippen LogP contribution < -0.4 is 0 Å². The Morgan fingerprint density at radius 3 is 2.79 bits per heavy atom. The number of rotatable bonds is 2. The van der Waals surface area contributed by atoms with Gasteiger partial charge in [0.15, 0.2) is 0 Å². The van der Waals surface area contributed by atoms with Crippen LogP contribution in [0, 0.1) is 5.92 Å². The number of hydrogen-bond donors (Lipinski definition) is 1. The molecule has 1 saturated heterocycles. The Bertz CT molecular complexity index is 521. The maximum absolute atomic E-state index is 12.4. The Balaban J connectivity index is 2.17. The predicted octanol–water partition coefficient (Wildman–Crippen LogP) is 3.04. The fourth-order valence-corrected chi connectivity index (χ4v) is 3.05. The van der Waals surface area contributed by atoms with Crippen LogP contribution in [0.4, 0.5) is 0 Å². The van der Waals surface area contributed by atoms with E-state index in [1.54, 1.807) is 23.1 Å².